The quantitative estimate of drug-likeness (QED) is 0.0978. The Bertz CT molecular complexity index is 1140. The van der Waals surface area contributed by atoms with Crippen molar-refractivity contribution in [3.05, 3.63) is 72.3 Å². The molecule has 2 aromatic rings. The molecular formula is C34H44O6. The van der Waals surface area contributed by atoms with Crippen molar-refractivity contribution < 1.29 is 28.5 Å². The third-order valence-corrected chi connectivity index (χ3v) is 7.58. The summed E-state index contributed by atoms with van der Waals surface area (Å²) < 4.78 is 21.2. The van der Waals surface area contributed by atoms with Crippen molar-refractivity contribution in [3.63, 3.8) is 0 Å². The molecule has 0 aliphatic heterocycles. The first-order valence-electron chi connectivity index (χ1n) is 14.4. The molecule has 6 heteroatoms. The van der Waals surface area contributed by atoms with Gasteiger partial charge in [0.15, 0.2) is 0 Å². The van der Waals surface area contributed by atoms with Crippen LogP contribution < -0.4 is 9.47 Å². The second-order valence-electron chi connectivity index (χ2n) is 10.7. The second-order valence-corrected chi connectivity index (χ2v) is 10.7. The van der Waals surface area contributed by atoms with Crippen LogP contribution in [0, 0.1) is 5.92 Å². The number of esters is 2. The van der Waals surface area contributed by atoms with Crippen LogP contribution in [0.4, 0.5) is 0 Å². The van der Waals surface area contributed by atoms with E-state index >= 15 is 0 Å². The molecule has 216 valence electrons. The average Bonchev–Trinajstić information content (AvgIpc) is 2.96. The van der Waals surface area contributed by atoms with E-state index in [0.717, 1.165) is 35.4 Å². The number of benzene rings is 2. The first-order valence-corrected chi connectivity index (χ1v) is 14.4. The van der Waals surface area contributed by atoms with Crippen molar-refractivity contribution >= 4 is 11.9 Å². The van der Waals surface area contributed by atoms with Gasteiger partial charge >= 0.3 is 11.9 Å². The van der Waals surface area contributed by atoms with Gasteiger partial charge in [-0.1, -0.05) is 70.4 Å². The molecule has 6 nitrogen and oxygen atoms in total. The minimum Gasteiger partial charge on any atom is -0.423 e. The van der Waals surface area contributed by atoms with Crippen molar-refractivity contribution in [2.45, 2.75) is 70.6 Å². The largest absolute Gasteiger partial charge is 0.423 e. The van der Waals surface area contributed by atoms with Crippen LogP contribution in [-0.2, 0) is 19.1 Å². The number of hydrogen-bond donors (Lipinski definition) is 0. The smallest absolute Gasteiger partial charge is 0.341 e. The van der Waals surface area contributed by atoms with E-state index in [1.165, 1.54) is 59.2 Å². The van der Waals surface area contributed by atoms with E-state index in [-0.39, 0.29) is 24.4 Å². The molecule has 0 spiro atoms. The molecule has 1 saturated carbocycles. The molecule has 1 fully saturated rings. The van der Waals surface area contributed by atoms with E-state index in [1.54, 1.807) is 12.1 Å². The predicted molar refractivity (Wildman–Crippen MR) is 159 cm³/mol. The summed E-state index contributed by atoms with van der Waals surface area (Å²) in [5, 5.41) is 0. The fraction of sp³-hybridized carbons (Fsp3) is 0.471. The van der Waals surface area contributed by atoms with E-state index in [1.807, 2.05) is 24.3 Å². The Hall–Kier alpha value is -3.22. The summed E-state index contributed by atoms with van der Waals surface area (Å²) in [7, 11) is 3.03. The number of ether oxygens (including phenoxy) is 4. The van der Waals surface area contributed by atoms with Crippen LogP contribution in [0.2, 0.25) is 0 Å². The van der Waals surface area contributed by atoms with Gasteiger partial charge in [-0.05, 0) is 78.5 Å². The Morgan fingerprint density at radius 2 is 1.38 bits per heavy atom. The number of methoxy groups -OCH3 is 2. The molecule has 0 radical (unpaired) electrons. The second kappa shape index (κ2) is 16.1. The highest BCUT2D eigenvalue weighted by molar-refractivity contribution is 5.90. The molecule has 1 aliphatic rings. The molecule has 0 aromatic heterocycles. The van der Waals surface area contributed by atoms with E-state index in [4.69, 9.17) is 18.9 Å². The Morgan fingerprint density at radius 3 is 1.98 bits per heavy atom. The molecule has 0 atom stereocenters. The minimum absolute atomic E-state index is 0.121. The van der Waals surface area contributed by atoms with Gasteiger partial charge in [0.25, 0.3) is 0 Å². The van der Waals surface area contributed by atoms with Crippen LogP contribution in [0.3, 0.4) is 0 Å². The Labute approximate surface area is 239 Å². The van der Waals surface area contributed by atoms with Crippen LogP contribution >= 0.6 is 0 Å². The zero-order chi connectivity index (χ0) is 28.9. The number of carbonyl (C=O) groups is 2. The van der Waals surface area contributed by atoms with Crippen LogP contribution in [0.15, 0.2) is 66.8 Å². The van der Waals surface area contributed by atoms with E-state index in [0.29, 0.717) is 17.4 Å². The van der Waals surface area contributed by atoms with E-state index in [2.05, 4.69) is 26.1 Å². The highest BCUT2D eigenvalue weighted by Gasteiger charge is 2.26. The molecule has 0 N–H and O–H groups in total. The summed E-state index contributed by atoms with van der Waals surface area (Å²) in [4.78, 5) is 24.8. The van der Waals surface area contributed by atoms with Crippen LogP contribution in [-0.4, -0.2) is 39.4 Å². The molecule has 3 rings (SSSR count). The lowest BCUT2D eigenvalue weighted by Gasteiger charge is -2.30. The van der Waals surface area contributed by atoms with Gasteiger partial charge in [-0.2, -0.15) is 0 Å². The summed E-state index contributed by atoms with van der Waals surface area (Å²) in [5.74, 6) is 1.13. The van der Waals surface area contributed by atoms with Gasteiger partial charge in [-0.15, -0.1) is 0 Å². The molecule has 0 amide bonds. The van der Waals surface area contributed by atoms with Gasteiger partial charge < -0.3 is 18.9 Å². The summed E-state index contributed by atoms with van der Waals surface area (Å²) in [6.45, 7) is 9.99. The van der Waals surface area contributed by atoms with Gasteiger partial charge in [0.05, 0.1) is 24.4 Å². The molecule has 0 unspecified atom stereocenters. The van der Waals surface area contributed by atoms with Crippen molar-refractivity contribution in [1.29, 1.82) is 0 Å². The van der Waals surface area contributed by atoms with Gasteiger partial charge in [0, 0.05) is 14.2 Å². The summed E-state index contributed by atoms with van der Waals surface area (Å²) in [5.41, 5.74) is 3.57. The van der Waals surface area contributed by atoms with Crippen molar-refractivity contribution in [2.24, 2.45) is 5.92 Å². The van der Waals surface area contributed by atoms with Crippen LogP contribution in [0.5, 0.6) is 11.5 Å². The van der Waals surface area contributed by atoms with Gasteiger partial charge in [0.2, 0.25) is 0 Å². The van der Waals surface area contributed by atoms with Crippen LogP contribution in [0.1, 0.15) is 76.2 Å². The molecule has 0 heterocycles. The maximum Gasteiger partial charge on any atom is 0.341 e. The number of carbonyl (C=O) groups excluding carboxylic acids is 2. The van der Waals surface area contributed by atoms with Gasteiger partial charge in [0.1, 0.15) is 11.5 Å². The monoisotopic (exact) mass is 548 g/mol. The van der Waals surface area contributed by atoms with E-state index < -0.39 is 11.9 Å². The molecule has 1 aliphatic carbocycles. The van der Waals surface area contributed by atoms with Crippen molar-refractivity contribution in [3.8, 4) is 22.6 Å². The SMILES string of the molecule is C=C(COC)C(=O)Oc1ccc(-c2ccc(OC(=O)C(=C)COC)c(C3CCC(CCCCCC)CC3)c2)cc1. The standard InChI is InChI=1S/C34H44O6/c1-6-7-8-9-10-26-11-13-28(14-12-26)31-21-29(17-20-32(31)40-34(36)25(3)23-38-5)27-15-18-30(19-16-27)39-33(35)24(2)22-37-4/h15-21,26,28H,2-3,6-14,22-23H2,1,4-5H3. The Balaban J connectivity index is 1.78. The van der Waals surface area contributed by atoms with Gasteiger partial charge in [-0.25, -0.2) is 9.59 Å². The summed E-state index contributed by atoms with van der Waals surface area (Å²) in [6, 6.07) is 13.3. The number of hydrogen-bond acceptors (Lipinski definition) is 6. The molecule has 0 bridgehead atoms. The highest BCUT2D eigenvalue weighted by Crippen LogP contribution is 2.42. The third kappa shape index (κ3) is 9.17. The highest BCUT2D eigenvalue weighted by atomic mass is 16.5. The predicted octanol–water partition coefficient (Wildman–Crippen LogP) is 7.81. The fourth-order valence-electron chi connectivity index (χ4n) is 5.29. The van der Waals surface area contributed by atoms with Crippen molar-refractivity contribution in [1.82, 2.24) is 0 Å². The lowest BCUT2D eigenvalue weighted by molar-refractivity contribution is -0.131. The first kappa shape index (κ1) is 31.3. The molecular weight excluding hydrogens is 504 g/mol. The zero-order valence-corrected chi connectivity index (χ0v) is 24.3. The first-order chi connectivity index (χ1) is 19.4. The van der Waals surface area contributed by atoms with Crippen molar-refractivity contribution in [2.75, 3.05) is 27.4 Å². The Morgan fingerprint density at radius 1 is 0.775 bits per heavy atom. The average molecular weight is 549 g/mol. The zero-order valence-electron chi connectivity index (χ0n) is 24.3. The maximum atomic E-state index is 12.7. The van der Waals surface area contributed by atoms with E-state index in [9.17, 15) is 9.59 Å². The van der Waals surface area contributed by atoms with Gasteiger partial charge in [-0.3, -0.25) is 0 Å². The minimum atomic E-state index is -0.515. The molecule has 2 aromatic carbocycles. The number of unbranched alkanes of at least 4 members (excludes halogenated alkanes) is 3. The Kier molecular flexibility index (Phi) is 12.6. The fourth-order valence-corrected chi connectivity index (χ4v) is 5.29. The maximum absolute atomic E-state index is 12.7. The molecule has 40 heavy (non-hydrogen) atoms. The lowest BCUT2D eigenvalue weighted by Crippen LogP contribution is -2.17. The van der Waals surface area contributed by atoms with Crippen LogP contribution in [0.25, 0.3) is 11.1 Å². The number of rotatable bonds is 15. The normalized spacial score (nSPS) is 16.8. The lowest BCUT2D eigenvalue weighted by atomic mass is 9.76. The third-order valence-electron chi connectivity index (χ3n) is 7.58. The topological polar surface area (TPSA) is 71.1 Å². The summed E-state index contributed by atoms with van der Waals surface area (Å²) >= 11 is 0. The summed E-state index contributed by atoms with van der Waals surface area (Å²) in [6.07, 6.45) is 11.1. The molecule has 0 saturated heterocycles.